The van der Waals surface area contributed by atoms with Crippen molar-refractivity contribution in [1.82, 2.24) is 15.1 Å². The maximum Gasteiger partial charge on any atom is 0.158 e. The number of anilines is 1. The summed E-state index contributed by atoms with van der Waals surface area (Å²) in [6.45, 7) is 5.49. The number of benzene rings is 1. The van der Waals surface area contributed by atoms with Crippen molar-refractivity contribution < 1.29 is 4.39 Å². The van der Waals surface area contributed by atoms with Crippen LogP contribution < -0.4 is 10.6 Å². The van der Waals surface area contributed by atoms with Crippen LogP contribution >= 0.6 is 0 Å². The third kappa shape index (κ3) is 2.41. The quantitative estimate of drug-likeness (QED) is 0.859. The van der Waals surface area contributed by atoms with Gasteiger partial charge in [0.1, 0.15) is 5.82 Å². The van der Waals surface area contributed by atoms with Crippen LogP contribution in [-0.4, -0.2) is 54.4 Å². The number of nitrogens with two attached hydrogens (primary N) is 1. The molecule has 0 saturated carbocycles. The zero-order chi connectivity index (χ0) is 13.2. The zero-order valence-electron chi connectivity index (χ0n) is 10.8. The normalized spacial score (nSPS) is 17.3. The Bertz CT molecular complexity index is 559. The third-order valence-electron chi connectivity index (χ3n) is 3.62. The lowest BCUT2D eigenvalue weighted by atomic mass is 10.2. The van der Waals surface area contributed by atoms with Gasteiger partial charge in [0.15, 0.2) is 5.82 Å². The minimum absolute atomic E-state index is 0.240. The smallest absolute Gasteiger partial charge is 0.158 e. The molecule has 0 atom stereocenters. The van der Waals surface area contributed by atoms with Gasteiger partial charge in [0.25, 0.3) is 0 Å². The number of piperazine rings is 1. The van der Waals surface area contributed by atoms with Crippen molar-refractivity contribution in [2.45, 2.75) is 0 Å². The van der Waals surface area contributed by atoms with Gasteiger partial charge in [-0.1, -0.05) is 0 Å². The van der Waals surface area contributed by atoms with Gasteiger partial charge in [-0.2, -0.15) is 5.10 Å². The molecule has 0 radical (unpaired) electrons. The standard InChI is InChI=1S/C13H18FN5/c14-10-1-2-11-12(9-10)16-17-13(11)19-7-5-18(4-3-15)6-8-19/h1-2,9H,3-8,15H2,(H,16,17). The lowest BCUT2D eigenvalue weighted by Crippen LogP contribution is -2.47. The first-order valence-electron chi connectivity index (χ1n) is 6.59. The number of rotatable bonds is 3. The van der Waals surface area contributed by atoms with Crippen LogP contribution in [-0.2, 0) is 0 Å². The molecule has 19 heavy (non-hydrogen) atoms. The summed E-state index contributed by atoms with van der Waals surface area (Å²) in [4.78, 5) is 4.59. The van der Waals surface area contributed by atoms with Crippen LogP contribution in [0.3, 0.4) is 0 Å². The highest BCUT2D eigenvalue weighted by Crippen LogP contribution is 2.25. The van der Waals surface area contributed by atoms with Crippen LogP contribution in [0, 0.1) is 5.82 Å². The molecule has 0 spiro atoms. The van der Waals surface area contributed by atoms with E-state index in [9.17, 15) is 4.39 Å². The maximum absolute atomic E-state index is 13.1. The van der Waals surface area contributed by atoms with Gasteiger partial charge in [-0.05, 0) is 18.2 Å². The Balaban J connectivity index is 1.78. The van der Waals surface area contributed by atoms with Gasteiger partial charge in [0.05, 0.1) is 5.52 Å². The predicted molar refractivity (Wildman–Crippen MR) is 73.8 cm³/mol. The zero-order valence-corrected chi connectivity index (χ0v) is 10.8. The molecule has 6 heteroatoms. The van der Waals surface area contributed by atoms with E-state index in [0.29, 0.717) is 6.54 Å². The van der Waals surface area contributed by atoms with Crippen molar-refractivity contribution in [2.75, 3.05) is 44.2 Å². The highest BCUT2D eigenvalue weighted by molar-refractivity contribution is 5.90. The maximum atomic E-state index is 13.1. The van der Waals surface area contributed by atoms with Crippen molar-refractivity contribution in [3.8, 4) is 0 Å². The summed E-state index contributed by atoms with van der Waals surface area (Å²) in [6.07, 6.45) is 0. The first kappa shape index (κ1) is 12.4. The van der Waals surface area contributed by atoms with E-state index >= 15 is 0 Å². The van der Waals surface area contributed by atoms with Crippen molar-refractivity contribution >= 4 is 16.7 Å². The number of nitrogens with zero attached hydrogens (tertiary/aromatic N) is 3. The van der Waals surface area contributed by atoms with Gasteiger partial charge in [-0.3, -0.25) is 10.00 Å². The molecule has 0 unspecified atom stereocenters. The van der Waals surface area contributed by atoms with Crippen molar-refractivity contribution in [3.05, 3.63) is 24.0 Å². The van der Waals surface area contributed by atoms with Crippen LogP contribution in [0.25, 0.3) is 10.9 Å². The Kier molecular flexibility index (Phi) is 3.35. The molecule has 1 saturated heterocycles. The first-order chi connectivity index (χ1) is 9.28. The predicted octanol–water partition coefficient (Wildman–Crippen LogP) is 0.783. The van der Waals surface area contributed by atoms with Crippen LogP contribution in [0.2, 0.25) is 0 Å². The lowest BCUT2D eigenvalue weighted by molar-refractivity contribution is 0.264. The number of hydrogen-bond acceptors (Lipinski definition) is 4. The highest BCUT2D eigenvalue weighted by atomic mass is 19.1. The van der Waals surface area contributed by atoms with E-state index < -0.39 is 0 Å². The highest BCUT2D eigenvalue weighted by Gasteiger charge is 2.20. The number of H-pyrrole nitrogens is 1. The van der Waals surface area contributed by atoms with Gasteiger partial charge in [-0.15, -0.1) is 0 Å². The number of halogens is 1. The number of fused-ring (bicyclic) bond motifs is 1. The summed E-state index contributed by atoms with van der Waals surface area (Å²) in [7, 11) is 0. The summed E-state index contributed by atoms with van der Waals surface area (Å²) in [5.41, 5.74) is 6.32. The molecule has 1 aliphatic heterocycles. The van der Waals surface area contributed by atoms with Gasteiger partial charge < -0.3 is 10.6 Å². The summed E-state index contributed by atoms with van der Waals surface area (Å²) < 4.78 is 13.1. The molecule has 2 heterocycles. The Morgan fingerprint density at radius 1 is 1.26 bits per heavy atom. The summed E-state index contributed by atoms with van der Waals surface area (Å²) in [6, 6.07) is 4.75. The lowest BCUT2D eigenvalue weighted by Gasteiger charge is -2.34. The monoisotopic (exact) mass is 263 g/mol. The van der Waals surface area contributed by atoms with Gasteiger partial charge in [-0.25, -0.2) is 4.39 Å². The fourth-order valence-electron chi connectivity index (χ4n) is 2.58. The minimum Gasteiger partial charge on any atom is -0.352 e. The molecular weight excluding hydrogens is 245 g/mol. The van der Waals surface area contributed by atoms with E-state index in [2.05, 4.69) is 20.0 Å². The first-order valence-corrected chi connectivity index (χ1v) is 6.59. The second-order valence-electron chi connectivity index (χ2n) is 4.85. The molecule has 0 amide bonds. The SMILES string of the molecule is NCCN1CCN(c2n[nH]c3cc(F)ccc23)CC1. The number of nitrogens with one attached hydrogen (secondary N) is 1. The molecule has 1 aromatic carbocycles. The molecule has 3 N–H and O–H groups in total. The third-order valence-corrected chi connectivity index (χ3v) is 3.62. The summed E-state index contributed by atoms with van der Waals surface area (Å²) >= 11 is 0. The molecule has 5 nitrogen and oxygen atoms in total. The Labute approximate surface area is 111 Å². The second kappa shape index (κ2) is 5.14. The number of hydrogen-bond donors (Lipinski definition) is 2. The average molecular weight is 263 g/mol. The second-order valence-corrected chi connectivity index (χ2v) is 4.85. The van der Waals surface area contributed by atoms with E-state index in [1.165, 1.54) is 12.1 Å². The fourth-order valence-corrected chi connectivity index (χ4v) is 2.58. The van der Waals surface area contributed by atoms with E-state index in [1.54, 1.807) is 6.07 Å². The van der Waals surface area contributed by atoms with Crippen LogP contribution in [0.4, 0.5) is 10.2 Å². The van der Waals surface area contributed by atoms with Crippen LogP contribution in [0.5, 0.6) is 0 Å². The molecule has 1 aromatic heterocycles. The topological polar surface area (TPSA) is 61.2 Å². The van der Waals surface area contributed by atoms with Gasteiger partial charge >= 0.3 is 0 Å². The molecule has 2 aromatic rings. The molecule has 0 aliphatic carbocycles. The van der Waals surface area contributed by atoms with E-state index in [0.717, 1.165) is 49.4 Å². The summed E-state index contributed by atoms with van der Waals surface area (Å²) in [5.74, 6) is 0.679. The van der Waals surface area contributed by atoms with Crippen LogP contribution in [0.15, 0.2) is 18.2 Å². The van der Waals surface area contributed by atoms with Gasteiger partial charge in [0.2, 0.25) is 0 Å². The van der Waals surface area contributed by atoms with E-state index in [1.807, 2.05) is 0 Å². The van der Waals surface area contributed by atoms with E-state index in [4.69, 9.17) is 5.73 Å². The van der Waals surface area contributed by atoms with Gasteiger partial charge in [0, 0.05) is 44.7 Å². The average Bonchev–Trinajstić information content (AvgIpc) is 2.83. The molecule has 1 fully saturated rings. The molecule has 0 bridgehead atoms. The summed E-state index contributed by atoms with van der Waals surface area (Å²) in [5, 5.41) is 8.20. The van der Waals surface area contributed by atoms with Crippen molar-refractivity contribution in [3.63, 3.8) is 0 Å². The minimum atomic E-state index is -0.240. The Morgan fingerprint density at radius 2 is 2.05 bits per heavy atom. The van der Waals surface area contributed by atoms with Crippen LogP contribution in [0.1, 0.15) is 0 Å². The number of aromatic amines is 1. The van der Waals surface area contributed by atoms with Crippen molar-refractivity contribution in [1.29, 1.82) is 0 Å². The fraction of sp³-hybridized carbons (Fsp3) is 0.462. The number of aromatic nitrogens is 2. The molecule has 3 rings (SSSR count). The molecular formula is C13H18FN5. The van der Waals surface area contributed by atoms with Crippen molar-refractivity contribution in [2.24, 2.45) is 5.73 Å². The molecule has 102 valence electrons. The Hall–Kier alpha value is -1.66. The van der Waals surface area contributed by atoms with E-state index in [-0.39, 0.29) is 5.82 Å². The molecule has 1 aliphatic rings. The Morgan fingerprint density at radius 3 is 2.79 bits per heavy atom. The largest absolute Gasteiger partial charge is 0.352 e.